The molecule has 0 radical (unpaired) electrons. The molecular formula is C15H11NO. The van der Waals surface area contributed by atoms with Crippen molar-refractivity contribution < 1.29 is 4.74 Å². The Bertz CT molecular complexity index is 585. The van der Waals surface area contributed by atoms with Gasteiger partial charge in [0.1, 0.15) is 11.4 Å². The highest BCUT2D eigenvalue weighted by atomic mass is 16.5. The van der Waals surface area contributed by atoms with Crippen LogP contribution in [0.2, 0.25) is 0 Å². The van der Waals surface area contributed by atoms with Crippen LogP contribution in [0.1, 0.15) is 5.56 Å². The average molecular weight is 221 g/mol. The van der Waals surface area contributed by atoms with Gasteiger partial charge in [0, 0.05) is 0 Å². The van der Waals surface area contributed by atoms with Crippen molar-refractivity contribution in [3.05, 3.63) is 65.9 Å². The molecule has 2 nitrogen and oxygen atoms in total. The van der Waals surface area contributed by atoms with Crippen molar-refractivity contribution in [3.8, 4) is 5.75 Å². The van der Waals surface area contributed by atoms with Crippen molar-refractivity contribution in [2.45, 2.75) is 0 Å². The zero-order valence-electron chi connectivity index (χ0n) is 9.21. The summed E-state index contributed by atoms with van der Waals surface area (Å²) in [5, 5.41) is 0. The van der Waals surface area contributed by atoms with Gasteiger partial charge in [-0.25, -0.2) is 4.99 Å². The maximum absolute atomic E-state index is 5.75. The van der Waals surface area contributed by atoms with E-state index in [2.05, 4.69) is 4.99 Å². The Balaban J connectivity index is 1.93. The molecule has 0 unspecified atom stereocenters. The maximum Gasteiger partial charge on any atom is 0.153 e. The molecule has 2 aromatic rings. The first-order chi connectivity index (χ1) is 8.42. The lowest BCUT2D eigenvalue weighted by Crippen LogP contribution is -2.00. The molecule has 2 heteroatoms. The van der Waals surface area contributed by atoms with Gasteiger partial charge in [0.2, 0.25) is 0 Å². The summed E-state index contributed by atoms with van der Waals surface area (Å²) in [6, 6.07) is 17.8. The predicted octanol–water partition coefficient (Wildman–Crippen LogP) is 3.82. The highest BCUT2D eigenvalue weighted by Crippen LogP contribution is 2.31. The van der Waals surface area contributed by atoms with Crippen LogP contribution < -0.4 is 4.74 Å². The fourth-order valence-corrected chi connectivity index (χ4v) is 1.72. The van der Waals surface area contributed by atoms with E-state index in [1.165, 1.54) is 0 Å². The zero-order valence-corrected chi connectivity index (χ0v) is 9.21. The molecule has 0 fully saturated rings. The zero-order chi connectivity index (χ0) is 11.5. The molecular weight excluding hydrogens is 210 g/mol. The number of hydrogen-bond donors (Lipinski definition) is 0. The number of ether oxygens (including phenoxy) is 1. The topological polar surface area (TPSA) is 21.6 Å². The van der Waals surface area contributed by atoms with Crippen molar-refractivity contribution in [1.29, 1.82) is 0 Å². The van der Waals surface area contributed by atoms with Crippen LogP contribution in [0.5, 0.6) is 5.75 Å². The van der Waals surface area contributed by atoms with Crippen LogP contribution in [0.3, 0.4) is 0 Å². The van der Waals surface area contributed by atoms with Gasteiger partial charge in [-0.15, -0.1) is 0 Å². The number of nitrogens with zero attached hydrogens (tertiary/aromatic N) is 1. The second kappa shape index (κ2) is 4.26. The summed E-state index contributed by atoms with van der Waals surface area (Å²) >= 11 is 0. The van der Waals surface area contributed by atoms with Gasteiger partial charge in [-0.05, 0) is 23.8 Å². The molecule has 0 atom stereocenters. The Morgan fingerprint density at radius 3 is 2.53 bits per heavy atom. The van der Waals surface area contributed by atoms with Crippen LogP contribution >= 0.6 is 0 Å². The largest absolute Gasteiger partial charge is 0.453 e. The quantitative estimate of drug-likeness (QED) is 0.717. The van der Waals surface area contributed by atoms with E-state index in [0.717, 1.165) is 22.8 Å². The molecule has 1 heterocycles. The van der Waals surface area contributed by atoms with Crippen LogP contribution in [0.25, 0.3) is 6.08 Å². The van der Waals surface area contributed by atoms with E-state index in [-0.39, 0.29) is 0 Å². The third-order valence-electron chi connectivity index (χ3n) is 2.53. The van der Waals surface area contributed by atoms with E-state index in [9.17, 15) is 0 Å². The van der Waals surface area contributed by atoms with Crippen molar-refractivity contribution >= 4 is 18.0 Å². The van der Waals surface area contributed by atoms with Gasteiger partial charge < -0.3 is 4.74 Å². The lowest BCUT2D eigenvalue weighted by molar-refractivity contribution is 0.458. The molecule has 0 spiro atoms. The summed E-state index contributed by atoms with van der Waals surface area (Å²) < 4.78 is 5.75. The lowest BCUT2D eigenvalue weighted by Gasteiger charge is -2.13. The van der Waals surface area contributed by atoms with Crippen molar-refractivity contribution in [1.82, 2.24) is 0 Å². The second-order valence-electron chi connectivity index (χ2n) is 3.79. The molecule has 3 rings (SSSR count). The number of rotatable bonds is 1. The molecule has 17 heavy (non-hydrogen) atoms. The summed E-state index contributed by atoms with van der Waals surface area (Å²) in [7, 11) is 0. The highest BCUT2D eigenvalue weighted by Gasteiger charge is 2.08. The van der Waals surface area contributed by atoms with Crippen LogP contribution in [-0.2, 0) is 0 Å². The molecule has 0 aliphatic carbocycles. The van der Waals surface area contributed by atoms with Crippen LogP contribution in [0.15, 0.2) is 65.3 Å². The minimum absolute atomic E-state index is 0.759. The number of fused-ring (bicyclic) bond motifs is 1. The van der Waals surface area contributed by atoms with Gasteiger partial charge in [-0.1, -0.05) is 42.5 Å². The molecule has 2 aromatic carbocycles. The van der Waals surface area contributed by atoms with E-state index >= 15 is 0 Å². The summed E-state index contributed by atoms with van der Waals surface area (Å²) in [4.78, 5) is 4.35. The Morgan fingerprint density at radius 1 is 0.882 bits per heavy atom. The molecule has 82 valence electrons. The average Bonchev–Trinajstić information content (AvgIpc) is 2.40. The van der Waals surface area contributed by atoms with E-state index in [1.54, 1.807) is 6.21 Å². The minimum atomic E-state index is 0.759. The second-order valence-corrected chi connectivity index (χ2v) is 3.79. The Morgan fingerprint density at radius 2 is 1.65 bits per heavy atom. The summed E-state index contributed by atoms with van der Waals surface area (Å²) in [5.74, 6) is 1.56. The molecule has 0 N–H and O–H groups in total. The van der Waals surface area contributed by atoms with Gasteiger partial charge in [0.25, 0.3) is 0 Å². The third kappa shape index (κ3) is 2.11. The van der Waals surface area contributed by atoms with Crippen molar-refractivity contribution in [2.75, 3.05) is 0 Å². The number of hydrogen-bond acceptors (Lipinski definition) is 2. The van der Waals surface area contributed by atoms with Crippen molar-refractivity contribution in [3.63, 3.8) is 0 Å². The first kappa shape index (κ1) is 9.85. The molecule has 1 aliphatic heterocycles. The molecule has 0 bridgehead atoms. The summed E-state index contributed by atoms with van der Waals surface area (Å²) in [6.45, 7) is 0. The molecule has 0 saturated heterocycles. The van der Waals surface area contributed by atoms with Crippen molar-refractivity contribution in [2.24, 2.45) is 4.99 Å². The predicted molar refractivity (Wildman–Crippen MR) is 69.6 cm³/mol. The summed E-state index contributed by atoms with van der Waals surface area (Å²) in [6.07, 6.45) is 3.72. The highest BCUT2D eigenvalue weighted by molar-refractivity contribution is 5.88. The standard InChI is InChI=1S/C15H11NO/c1-2-6-12(7-3-1)10-13-11-16-14-8-4-5-9-15(14)17-13/h1-11H/b13-10-. The number of aliphatic imine (C=N–C) groups is 1. The smallest absolute Gasteiger partial charge is 0.153 e. The van der Waals surface area contributed by atoms with Gasteiger partial charge in [0.05, 0.1) is 6.21 Å². The summed E-state index contributed by atoms with van der Waals surface area (Å²) in [5.41, 5.74) is 1.98. The fourth-order valence-electron chi connectivity index (χ4n) is 1.72. The fraction of sp³-hybridized carbons (Fsp3) is 0. The van der Waals surface area contributed by atoms with Gasteiger partial charge in [-0.3, -0.25) is 0 Å². The minimum Gasteiger partial charge on any atom is -0.453 e. The van der Waals surface area contributed by atoms with Gasteiger partial charge in [0.15, 0.2) is 5.75 Å². The van der Waals surface area contributed by atoms with Crippen LogP contribution in [0, 0.1) is 0 Å². The Hall–Kier alpha value is -2.35. The third-order valence-corrected chi connectivity index (χ3v) is 2.53. The van der Waals surface area contributed by atoms with E-state index in [4.69, 9.17) is 4.74 Å². The van der Waals surface area contributed by atoms with E-state index < -0.39 is 0 Å². The Labute approximate surface area is 99.9 Å². The maximum atomic E-state index is 5.75. The first-order valence-corrected chi connectivity index (χ1v) is 5.49. The molecule has 0 saturated carbocycles. The number of para-hydroxylation sites is 2. The Kier molecular flexibility index (Phi) is 2.47. The molecule has 0 amide bonds. The molecule has 0 aromatic heterocycles. The lowest BCUT2D eigenvalue weighted by atomic mass is 10.2. The van der Waals surface area contributed by atoms with E-state index in [0.29, 0.717) is 0 Å². The van der Waals surface area contributed by atoms with E-state index in [1.807, 2.05) is 60.7 Å². The number of allylic oxidation sites excluding steroid dienone is 1. The van der Waals surface area contributed by atoms with Crippen LogP contribution in [-0.4, -0.2) is 6.21 Å². The van der Waals surface area contributed by atoms with Gasteiger partial charge >= 0.3 is 0 Å². The normalized spacial score (nSPS) is 15.4. The number of benzene rings is 2. The SMILES string of the molecule is C1=Nc2ccccc2O/C1=C\c1ccccc1. The van der Waals surface area contributed by atoms with Crippen LogP contribution in [0.4, 0.5) is 5.69 Å². The van der Waals surface area contributed by atoms with Gasteiger partial charge in [-0.2, -0.15) is 0 Å². The first-order valence-electron chi connectivity index (χ1n) is 5.49. The molecule has 1 aliphatic rings. The monoisotopic (exact) mass is 221 g/mol.